The number of aromatic amines is 1. The molecule has 0 radical (unpaired) electrons. The fourth-order valence-electron chi connectivity index (χ4n) is 2.53. The molecule has 0 saturated heterocycles. The third kappa shape index (κ3) is 4.62. The highest BCUT2D eigenvalue weighted by molar-refractivity contribution is 7.98. The second kappa shape index (κ2) is 8.63. The Balaban J connectivity index is 1.66. The van der Waals surface area contributed by atoms with E-state index >= 15 is 0 Å². The van der Waals surface area contributed by atoms with Crippen LogP contribution in [-0.4, -0.2) is 30.6 Å². The van der Waals surface area contributed by atoms with Crippen molar-refractivity contribution in [1.82, 2.24) is 30.0 Å². The lowest BCUT2D eigenvalue weighted by Gasteiger charge is -2.13. The van der Waals surface area contributed by atoms with Gasteiger partial charge in [-0.25, -0.2) is 14.6 Å². The zero-order valence-electron chi connectivity index (χ0n) is 15.0. The molecule has 0 unspecified atom stereocenters. The first-order valence-electron chi connectivity index (χ1n) is 8.53. The lowest BCUT2D eigenvalue weighted by atomic mass is 10.2. The number of H-pyrrole nitrogens is 1. The molecule has 0 saturated carbocycles. The van der Waals surface area contributed by atoms with Gasteiger partial charge >= 0.3 is 0 Å². The zero-order valence-corrected chi connectivity index (χ0v) is 15.9. The third-order valence-electron chi connectivity index (χ3n) is 3.90. The molecule has 0 aliphatic carbocycles. The smallest absolute Gasteiger partial charge is 0.263 e. The maximum absolute atomic E-state index is 12.4. The second-order valence-electron chi connectivity index (χ2n) is 5.80. The van der Waals surface area contributed by atoms with Crippen LogP contribution in [0.15, 0.2) is 52.5 Å². The topological polar surface area (TPSA) is 106 Å². The van der Waals surface area contributed by atoms with Gasteiger partial charge in [-0.2, -0.15) is 5.10 Å². The Kier molecular flexibility index (Phi) is 6.02. The second-order valence-corrected chi connectivity index (χ2v) is 6.85. The van der Waals surface area contributed by atoms with E-state index in [1.807, 2.05) is 37.3 Å². The number of carbonyl (C=O) groups is 1. The van der Waals surface area contributed by atoms with Gasteiger partial charge in [0.15, 0.2) is 0 Å². The van der Waals surface area contributed by atoms with E-state index in [4.69, 9.17) is 0 Å². The van der Waals surface area contributed by atoms with Crippen LogP contribution in [0.1, 0.15) is 41.9 Å². The molecule has 1 aromatic carbocycles. The molecule has 27 heavy (non-hydrogen) atoms. The van der Waals surface area contributed by atoms with Crippen molar-refractivity contribution in [3.8, 4) is 0 Å². The molecular weight excluding hydrogens is 364 g/mol. The average molecular weight is 384 g/mol. The van der Waals surface area contributed by atoms with Crippen LogP contribution in [0.25, 0.3) is 0 Å². The van der Waals surface area contributed by atoms with Crippen molar-refractivity contribution in [3.63, 3.8) is 0 Å². The highest BCUT2D eigenvalue weighted by Crippen LogP contribution is 2.20. The van der Waals surface area contributed by atoms with Gasteiger partial charge in [0.1, 0.15) is 23.5 Å². The number of aromatic nitrogens is 5. The summed E-state index contributed by atoms with van der Waals surface area (Å²) >= 11 is 1.56. The standard InChI is InChI=1S/C18H20N6O2S/c1-3-24-16(20-11-21-24)12(2)22-17(25)14-9-19-15(23-18(14)26)10-27-13-7-5-4-6-8-13/h4-9,11-12H,3,10H2,1-2H3,(H,22,25)(H,19,23,26)/t12-/m1/s1. The zero-order chi connectivity index (χ0) is 19.2. The molecule has 0 aliphatic heterocycles. The first-order chi connectivity index (χ1) is 13.1. The van der Waals surface area contributed by atoms with Gasteiger partial charge in [0, 0.05) is 17.6 Å². The number of benzene rings is 1. The number of thioether (sulfide) groups is 1. The Hall–Kier alpha value is -2.94. The van der Waals surface area contributed by atoms with E-state index in [0.717, 1.165) is 4.90 Å². The Morgan fingerprint density at radius 1 is 1.30 bits per heavy atom. The SMILES string of the molecule is CCn1ncnc1[C@@H](C)NC(=O)c1cnc(CSc2ccccc2)[nH]c1=O. The van der Waals surface area contributed by atoms with Gasteiger partial charge in [-0.05, 0) is 26.0 Å². The minimum atomic E-state index is -0.496. The summed E-state index contributed by atoms with van der Waals surface area (Å²) in [6.45, 7) is 4.37. The van der Waals surface area contributed by atoms with E-state index in [2.05, 4.69) is 25.4 Å². The average Bonchev–Trinajstić information content (AvgIpc) is 3.16. The fourth-order valence-corrected chi connectivity index (χ4v) is 3.33. The number of nitrogens with zero attached hydrogens (tertiary/aromatic N) is 4. The Morgan fingerprint density at radius 2 is 2.07 bits per heavy atom. The lowest BCUT2D eigenvalue weighted by Crippen LogP contribution is -2.33. The summed E-state index contributed by atoms with van der Waals surface area (Å²) < 4.78 is 1.69. The quantitative estimate of drug-likeness (QED) is 0.605. The molecule has 1 atom stereocenters. The van der Waals surface area contributed by atoms with Gasteiger partial charge in [0.05, 0.1) is 11.8 Å². The number of amides is 1. The van der Waals surface area contributed by atoms with Crippen molar-refractivity contribution in [1.29, 1.82) is 0 Å². The normalized spacial score (nSPS) is 11.9. The molecule has 0 fully saturated rings. The number of hydrogen-bond acceptors (Lipinski definition) is 6. The first kappa shape index (κ1) is 18.8. The van der Waals surface area contributed by atoms with E-state index in [9.17, 15) is 9.59 Å². The number of hydrogen-bond donors (Lipinski definition) is 2. The Morgan fingerprint density at radius 3 is 2.78 bits per heavy atom. The summed E-state index contributed by atoms with van der Waals surface area (Å²) in [5.41, 5.74) is -0.492. The molecule has 2 N–H and O–H groups in total. The molecular formula is C18H20N6O2S. The van der Waals surface area contributed by atoms with Crippen LogP contribution >= 0.6 is 11.8 Å². The van der Waals surface area contributed by atoms with E-state index in [0.29, 0.717) is 23.9 Å². The van der Waals surface area contributed by atoms with Crippen molar-refractivity contribution in [2.75, 3.05) is 0 Å². The molecule has 2 heterocycles. The molecule has 9 heteroatoms. The van der Waals surface area contributed by atoms with E-state index in [1.54, 1.807) is 23.4 Å². The molecule has 0 aliphatic rings. The maximum atomic E-state index is 12.4. The minimum Gasteiger partial charge on any atom is -0.342 e. The first-order valence-corrected chi connectivity index (χ1v) is 9.51. The molecule has 140 valence electrons. The minimum absolute atomic E-state index is 0.0297. The summed E-state index contributed by atoms with van der Waals surface area (Å²) in [6, 6.07) is 9.44. The summed E-state index contributed by atoms with van der Waals surface area (Å²) in [5, 5.41) is 6.85. The van der Waals surface area contributed by atoms with Crippen LogP contribution in [0.5, 0.6) is 0 Å². The molecule has 1 amide bonds. The maximum Gasteiger partial charge on any atom is 0.263 e. The van der Waals surface area contributed by atoms with Crippen LogP contribution < -0.4 is 10.9 Å². The van der Waals surface area contributed by atoms with Crippen LogP contribution in [0.3, 0.4) is 0 Å². The van der Waals surface area contributed by atoms with Gasteiger partial charge < -0.3 is 10.3 Å². The summed E-state index contributed by atoms with van der Waals surface area (Å²) in [5.74, 6) is 1.16. The van der Waals surface area contributed by atoms with Gasteiger partial charge in [-0.15, -0.1) is 11.8 Å². The van der Waals surface area contributed by atoms with Crippen molar-refractivity contribution in [2.24, 2.45) is 0 Å². The summed E-state index contributed by atoms with van der Waals surface area (Å²) in [6.07, 6.45) is 2.75. The third-order valence-corrected chi connectivity index (χ3v) is 4.92. The van der Waals surface area contributed by atoms with Crippen molar-refractivity contribution < 1.29 is 4.79 Å². The Bertz CT molecular complexity index is 969. The molecule has 0 spiro atoms. The van der Waals surface area contributed by atoms with Crippen LogP contribution in [0.4, 0.5) is 0 Å². The Labute approximate surface area is 160 Å². The monoisotopic (exact) mass is 384 g/mol. The molecule has 8 nitrogen and oxygen atoms in total. The highest BCUT2D eigenvalue weighted by atomic mass is 32.2. The lowest BCUT2D eigenvalue weighted by molar-refractivity contribution is 0.0935. The van der Waals surface area contributed by atoms with E-state index in [-0.39, 0.29) is 11.6 Å². The van der Waals surface area contributed by atoms with Gasteiger partial charge in [0.2, 0.25) is 0 Å². The fraction of sp³-hybridized carbons (Fsp3) is 0.278. The van der Waals surface area contributed by atoms with Crippen molar-refractivity contribution in [2.45, 2.75) is 37.1 Å². The summed E-state index contributed by atoms with van der Waals surface area (Å²) in [7, 11) is 0. The van der Waals surface area contributed by atoms with E-state index in [1.165, 1.54) is 12.5 Å². The van der Waals surface area contributed by atoms with Crippen molar-refractivity contribution in [3.05, 3.63) is 70.4 Å². The number of nitrogens with one attached hydrogen (secondary N) is 2. The van der Waals surface area contributed by atoms with Gasteiger partial charge in [0.25, 0.3) is 11.5 Å². The largest absolute Gasteiger partial charge is 0.342 e. The van der Waals surface area contributed by atoms with Gasteiger partial charge in [-0.3, -0.25) is 9.59 Å². The predicted octanol–water partition coefficient (Wildman–Crippen LogP) is 2.16. The van der Waals surface area contributed by atoms with Crippen molar-refractivity contribution >= 4 is 17.7 Å². The molecule has 2 aromatic heterocycles. The van der Waals surface area contributed by atoms with Crippen LogP contribution in [0.2, 0.25) is 0 Å². The number of aryl methyl sites for hydroxylation is 1. The number of carbonyl (C=O) groups excluding carboxylic acids is 1. The van der Waals surface area contributed by atoms with Crippen LogP contribution in [-0.2, 0) is 12.3 Å². The van der Waals surface area contributed by atoms with E-state index < -0.39 is 11.5 Å². The predicted molar refractivity (Wildman–Crippen MR) is 102 cm³/mol. The molecule has 3 aromatic rings. The number of rotatable bonds is 7. The van der Waals surface area contributed by atoms with Crippen LogP contribution in [0, 0.1) is 0 Å². The summed E-state index contributed by atoms with van der Waals surface area (Å²) in [4.78, 5) is 36.8. The highest BCUT2D eigenvalue weighted by Gasteiger charge is 2.18. The van der Waals surface area contributed by atoms with Gasteiger partial charge in [-0.1, -0.05) is 18.2 Å². The molecule has 3 rings (SSSR count). The molecule has 0 bridgehead atoms.